The highest BCUT2D eigenvalue weighted by Gasteiger charge is 2.03. The van der Waals surface area contributed by atoms with Gasteiger partial charge in [-0.05, 0) is 37.6 Å². The molecular weight excluding hydrogens is 232 g/mol. The Morgan fingerprint density at radius 2 is 1.88 bits per heavy atom. The van der Waals surface area contributed by atoms with E-state index in [4.69, 9.17) is 0 Å². The molecule has 17 heavy (non-hydrogen) atoms. The van der Waals surface area contributed by atoms with Crippen molar-refractivity contribution in [3.8, 4) is 0 Å². The van der Waals surface area contributed by atoms with Crippen LogP contribution in [0.4, 0.5) is 0 Å². The van der Waals surface area contributed by atoms with E-state index in [1.54, 1.807) is 0 Å². The molecule has 1 aromatic carbocycles. The van der Waals surface area contributed by atoms with E-state index < -0.39 is 0 Å². The summed E-state index contributed by atoms with van der Waals surface area (Å²) in [5, 5.41) is 3.50. The second-order valence-electron chi connectivity index (χ2n) is 4.04. The average Bonchev–Trinajstić information content (AvgIpc) is 2.84. The van der Waals surface area contributed by atoms with Crippen LogP contribution in [0.25, 0.3) is 0 Å². The van der Waals surface area contributed by atoms with Gasteiger partial charge in [-0.2, -0.15) is 0 Å². The fourth-order valence-electron chi connectivity index (χ4n) is 1.80. The second-order valence-corrected chi connectivity index (χ2v) is 4.04. The summed E-state index contributed by atoms with van der Waals surface area (Å²) in [6.45, 7) is 3.18. The zero-order valence-corrected chi connectivity index (χ0v) is 10.8. The number of hydrogen-bond donors (Lipinski definition) is 2. The maximum atomic E-state index is 3.50. The molecule has 1 heterocycles. The summed E-state index contributed by atoms with van der Waals surface area (Å²) in [6.07, 6.45) is 3.04. The first-order valence-corrected chi connectivity index (χ1v) is 5.77. The zero-order valence-electron chi connectivity index (χ0n) is 10.0. The molecule has 0 radical (unpaired) electrons. The Morgan fingerprint density at radius 3 is 2.53 bits per heavy atom. The fraction of sp³-hybridized carbons (Fsp3) is 0.286. The van der Waals surface area contributed by atoms with Crippen LogP contribution in [0.5, 0.6) is 0 Å². The molecule has 2 aromatic rings. The number of hydrogen-bond acceptors (Lipinski definition) is 1. The molecule has 3 heteroatoms. The lowest BCUT2D eigenvalue weighted by Gasteiger charge is -2.12. The number of aromatic amines is 1. The number of rotatable bonds is 5. The normalized spacial score (nSPS) is 11.8. The average molecular weight is 251 g/mol. The van der Waals surface area contributed by atoms with Gasteiger partial charge in [0, 0.05) is 17.9 Å². The highest BCUT2D eigenvalue weighted by atomic mass is 35.5. The predicted molar refractivity (Wildman–Crippen MR) is 74.6 cm³/mol. The molecule has 1 unspecified atom stereocenters. The maximum Gasteiger partial charge on any atom is 0.0444 e. The third-order valence-corrected chi connectivity index (χ3v) is 2.80. The largest absolute Gasteiger partial charge is 0.364 e. The van der Waals surface area contributed by atoms with Crippen molar-refractivity contribution in [2.75, 3.05) is 6.54 Å². The van der Waals surface area contributed by atoms with Crippen LogP contribution in [-0.2, 0) is 6.42 Å². The van der Waals surface area contributed by atoms with Crippen LogP contribution >= 0.6 is 12.4 Å². The minimum atomic E-state index is 0. The van der Waals surface area contributed by atoms with E-state index >= 15 is 0 Å². The van der Waals surface area contributed by atoms with Gasteiger partial charge in [0.25, 0.3) is 0 Å². The Bertz CT molecular complexity index is 397. The number of nitrogens with one attached hydrogen (secondary N) is 2. The van der Waals surface area contributed by atoms with Crippen LogP contribution in [0.15, 0.2) is 48.7 Å². The molecule has 0 bridgehead atoms. The van der Waals surface area contributed by atoms with Gasteiger partial charge in [0.1, 0.15) is 0 Å². The smallest absolute Gasteiger partial charge is 0.0444 e. The van der Waals surface area contributed by atoms with E-state index in [0.717, 1.165) is 13.0 Å². The minimum absolute atomic E-state index is 0. The summed E-state index contributed by atoms with van der Waals surface area (Å²) in [5.74, 6) is 0. The monoisotopic (exact) mass is 250 g/mol. The molecule has 2 nitrogen and oxygen atoms in total. The number of aromatic nitrogens is 1. The minimum Gasteiger partial charge on any atom is -0.364 e. The Balaban J connectivity index is 0.00000144. The van der Waals surface area contributed by atoms with Gasteiger partial charge >= 0.3 is 0 Å². The van der Waals surface area contributed by atoms with Gasteiger partial charge in [-0.15, -0.1) is 12.4 Å². The van der Waals surface area contributed by atoms with Gasteiger partial charge in [-0.1, -0.05) is 30.3 Å². The summed E-state index contributed by atoms with van der Waals surface area (Å²) < 4.78 is 0. The molecule has 0 aliphatic heterocycles. The first-order chi connectivity index (χ1) is 7.86. The maximum absolute atomic E-state index is 3.50. The first-order valence-electron chi connectivity index (χ1n) is 5.77. The van der Waals surface area contributed by atoms with Gasteiger partial charge in [0.2, 0.25) is 0 Å². The lowest BCUT2D eigenvalue weighted by molar-refractivity contribution is 0.566. The van der Waals surface area contributed by atoms with Crippen LogP contribution in [0.3, 0.4) is 0 Å². The van der Waals surface area contributed by atoms with Crippen LogP contribution in [0.1, 0.15) is 24.2 Å². The Labute approximate surface area is 109 Å². The molecule has 1 aromatic heterocycles. The lowest BCUT2D eigenvalue weighted by atomic mass is 10.1. The van der Waals surface area contributed by atoms with Crippen molar-refractivity contribution in [2.45, 2.75) is 19.4 Å². The van der Waals surface area contributed by atoms with Crippen molar-refractivity contribution in [1.29, 1.82) is 0 Å². The van der Waals surface area contributed by atoms with Crippen LogP contribution < -0.4 is 5.32 Å². The van der Waals surface area contributed by atoms with Crippen molar-refractivity contribution in [3.63, 3.8) is 0 Å². The van der Waals surface area contributed by atoms with Crippen LogP contribution in [0, 0.1) is 0 Å². The van der Waals surface area contributed by atoms with Crippen LogP contribution in [-0.4, -0.2) is 11.5 Å². The van der Waals surface area contributed by atoms with E-state index in [2.05, 4.69) is 53.6 Å². The quantitative estimate of drug-likeness (QED) is 0.837. The van der Waals surface area contributed by atoms with E-state index in [9.17, 15) is 0 Å². The highest BCUT2D eigenvalue weighted by Crippen LogP contribution is 2.08. The highest BCUT2D eigenvalue weighted by molar-refractivity contribution is 5.85. The predicted octanol–water partition coefficient (Wildman–Crippen LogP) is 3.33. The van der Waals surface area contributed by atoms with E-state index in [0.29, 0.717) is 6.04 Å². The summed E-state index contributed by atoms with van der Waals surface area (Å²) in [5.41, 5.74) is 2.63. The molecule has 2 N–H and O–H groups in total. The summed E-state index contributed by atoms with van der Waals surface area (Å²) in [4.78, 5) is 3.22. The molecule has 0 fully saturated rings. The van der Waals surface area contributed by atoms with Crippen molar-refractivity contribution in [2.24, 2.45) is 0 Å². The fourth-order valence-corrected chi connectivity index (χ4v) is 1.80. The third kappa shape index (κ3) is 4.25. The number of H-pyrrole nitrogens is 1. The SMILES string of the molecule is CC(NCCc1ccccc1)c1ccc[nH]1.Cl. The molecule has 0 amide bonds. The van der Waals surface area contributed by atoms with Crippen molar-refractivity contribution < 1.29 is 0 Å². The van der Waals surface area contributed by atoms with E-state index in [1.807, 2.05) is 12.3 Å². The second kappa shape index (κ2) is 7.15. The molecule has 2 rings (SSSR count). The van der Waals surface area contributed by atoms with Crippen molar-refractivity contribution in [1.82, 2.24) is 10.3 Å². The third-order valence-electron chi connectivity index (χ3n) is 2.80. The number of halogens is 1. The molecule has 0 saturated heterocycles. The summed E-state index contributed by atoms with van der Waals surface area (Å²) in [6, 6.07) is 15.1. The molecule has 1 atom stereocenters. The zero-order chi connectivity index (χ0) is 11.2. The summed E-state index contributed by atoms with van der Waals surface area (Å²) in [7, 11) is 0. The Morgan fingerprint density at radius 1 is 1.12 bits per heavy atom. The molecular formula is C14H19ClN2. The standard InChI is InChI=1S/C14H18N2.ClH/c1-12(14-8-5-10-16-14)15-11-9-13-6-3-2-4-7-13;/h2-8,10,12,15-16H,9,11H2,1H3;1H. The molecule has 92 valence electrons. The number of benzene rings is 1. The van der Waals surface area contributed by atoms with Gasteiger partial charge < -0.3 is 10.3 Å². The van der Waals surface area contributed by atoms with Gasteiger partial charge in [-0.25, -0.2) is 0 Å². The summed E-state index contributed by atoms with van der Waals surface area (Å²) >= 11 is 0. The first kappa shape index (κ1) is 13.8. The van der Waals surface area contributed by atoms with E-state index in [-0.39, 0.29) is 12.4 Å². The van der Waals surface area contributed by atoms with Gasteiger partial charge in [-0.3, -0.25) is 0 Å². The topological polar surface area (TPSA) is 27.8 Å². The van der Waals surface area contributed by atoms with E-state index in [1.165, 1.54) is 11.3 Å². The molecule has 0 aliphatic rings. The van der Waals surface area contributed by atoms with Crippen LogP contribution in [0.2, 0.25) is 0 Å². The lowest BCUT2D eigenvalue weighted by Crippen LogP contribution is -2.21. The molecule has 0 spiro atoms. The Kier molecular flexibility index (Phi) is 5.81. The van der Waals surface area contributed by atoms with Gasteiger partial charge in [0.05, 0.1) is 0 Å². The molecule has 0 saturated carbocycles. The van der Waals surface area contributed by atoms with Gasteiger partial charge in [0.15, 0.2) is 0 Å². The van der Waals surface area contributed by atoms with Crippen molar-refractivity contribution >= 4 is 12.4 Å². The van der Waals surface area contributed by atoms with Crippen molar-refractivity contribution in [3.05, 3.63) is 59.9 Å². The molecule has 0 aliphatic carbocycles. The Hall–Kier alpha value is -1.25.